The number of hydrogen-bond donors (Lipinski definition) is 1. The van der Waals surface area contributed by atoms with Gasteiger partial charge in [-0.25, -0.2) is 19.4 Å². The van der Waals surface area contributed by atoms with Gasteiger partial charge in [0.05, 0.1) is 104 Å². The SMILES string of the molecule is CCCc1nc2ccc(-c3nc4ccccc4n3C)cc2n1Cc1ccc(-c2ccccc2C(=O)OCCOCCOCCOCCn2cc(CN(CCCCCCN3C(=O)[C@@H]4C5CCC(C5)[C@@H]4C3=O)C(=O)CCC(=O)NC(C)(C)CCOC(C)C)nn2)cc1. The molecule has 2 bridgehead atoms. The first-order chi connectivity index (χ1) is 43.6. The van der Waals surface area contributed by atoms with Crippen LogP contribution in [0.5, 0.6) is 0 Å². The van der Waals surface area contributed by atoms with Gasteiger partial charge in [-0.1, -0.05) is 79.6 Å². The summed E-state index contributed by atoms with van der Waals surface area (Å²) in [5, 5.41) is 11.7. The summed E-state index contributed by atoms with van der Waals surface area (Å²) < 4.78 is 34.7. The van der Waals surface area contributed by atoms with Crippen LogP contribution in [-0.2, 0) is 76.0 Å². The second-order valence-corrected chi connectivity index (χ2v) is 25.3. The first-order valence-corrected chi connectivity index (χ1v) is 32.6. The number of nitrogens with zero attached hydrogens (tertiary/aromatic N) is 9. The Morgan fingerprint density at radius 2 is 1.41 bits per heavy atom. The van der Waals surface area contributed by atoms with Crippen LogP contribution in [0.2, 0.25) is 0 Å². The zero-order chi connectivity index (χ0) is 63.2. The Balaban J connectivity index is 0.615. The summed E-state index contributed by atoms with van der Waals surface area (Å²) >= 11 is 0. The third-order valence-corrected chi connectivity index (χ3v) is 17.9. The van der Waals surface area contributed by atoms with Gasteiger partial charge < -0.3 is 43.0 Å². The Morgan fingerprint density at radius 1 is 0.733 bits per heavy atom. The molecule has 0 radical (unpaired) electrons. The van der Waals surface area contributed by atoms with Gasteiger partial charge in [0.2, 0.25) is 23.6 Å². The predicted octanol–water partition coefficient (Wildman–Crippen LogP) is 10.2. The molecule has 3 fully saturated rings. The number of nitrogens with one attached hydrogen (secondary N) is 1. The van der Waals surface area contributed by atoms with Crippen LogP contribution < -0.4 is 5.32 Å². The highest BCUT2D eigenvalue weighted by Gasteiger charge is 2.60. The standard InChI is InChI=1S/C70H90N10O10/c1-7-16-61-71-58-28-27-53(66-72-57-19-12-13-20-59(57)76(66)6)44-60(58)80(61)45-49-21-23-50(24-22-49)55-17-10-11-18-56(55)69(85)90-42-41-88-40-39-87-38-37-86-36-34-78-47-54(74-75-78)46-77(63(82)30-29-62(81)73-70(4,5)31-35-89-48(2)3)32-14-8-9-15-33-79-67(83)64-51-25-26-52(43-51)65(64)68(79)84/h10-13,17-24,27-28,44,47-48,51-52,64-65H,7-9,14-16,25-26,29-43,45-46H2,1-6H3,(H,73,81)/t51?,52?,64-,65+. The molecule has 20 heteroatoms. The van der Waals surface area contributed by atoms with Crippen LogP contribution in [-0.4, -0.2) is 151 Å². The molecular weight excluding hydrogens is 1140 g/mol. The Bertz CT molecular complexity index is 3540. The van der Waals surface area contributed by atoms with Gasteiger partial charge >= 0.3 is 5.97 Å². The van der Waals surface area contributed by atoms with E-state index in [2.05, 4.69) is 87.3 Å². The van der Waals surface area contributed by atoms with Gasteiger partial charge in [-0.05, 0) is 138 Å². The highest BCUT2D eigenvalue weighted by Crippen LogP contribution is 2.56. The van der Waals surface area contributed by atoms with Gasteiger partial charge in [-0.3, -0.25) is 24.1 Å². The van der Waals surface area contributed by atoms with Gasteiger partial charge in [0.15, 0.2) is 0 Å². The average molecular weight is 1230 g/mol. The summed E-state index contributed by atoms with van der Waals surface area (Å²) in [6, 6.07) is 30.4. The molecule has 90 heavy (non-hydrogen) atoms. The fourth-order valence-electron chi connectivity index (χ4n) is 13.2. The van der Waals surface area contributed by atoms with E-state index in [9.17, 15) is 24.0 Å². The maximum Gasteiger partial charge on any atom is 0.338 e. The van der Waals surface area contributed by atoms with Crippen molar-refractivity contribution in [2.45, 2.75) is 143 Å². The van der Waals surface area contributed by atoms with Crippen molar-refractivity contribution in [1.29, 1.82) is 0 Å². The van der Waals surface area contributed by atoms with Crippen LogP contribution in [0.1, 0.15) is 133 Å². The first-order valence-electron chi connectivity index (χ1n) is 32.6. The molecule has 1 N–H and O–H groups in total. The molecule has 1 aliphatic heterocycles. The number of imidazole rings is 2. The lowest BCUT2D eigenvalue weighted by Crippen LogP contribution is -2.44. The molecule has 20 nitrogen and oxygen atoms in total. The number of aromatic nitrogens is 7. The smallest absolute Gasteiger partial charge is 0.338 e. The quantitative estimate of drug-likeness (QED) is 0.0220. The number of imide groups is 1. The van der Waals surface area contributed by atoms with E-state index in [1.165, 1.54) is 4.90 Å². The molecule has 3 aromatic heterocycles. The molecular formula is C70H90N10O10. The number of hydrogen-bond acceptors (Lipinski definition) is 14. The number of rotatable bonds is 36. The van der Waals surface area contributed by atoms with Crippen molar-refractivity contribution >= 4 is 51.7 Å². The minimum atomic E-state index is -0.483. The van der Waals surface area contributed by atoms with Crippen molar-refractivity contribution in [2.24, 2.45) is 30.7 Å². The van der Waals surface area contributed by atoms with Crippen molar-refractivity contribution in [3.63, 3.8) is 0 Å². The fraction of sp³-hybridized carbons (Fsp3) is 0.529. The van der Waals surface area contributed by atoms with Crippen molar-refractivity contribution < 1.29 is 47.7 Å². The van der Waals surface area contributed by atoms with Crippen LogP contribution in [0.15, 0.2) is 97.2 Å². The summed E-state index contributed by atoms with van der Waals surface area (Å²) in [4.78, 5) is 79.9. The summed E-state index contributed by atoms with van der Waals surface area (Å²) in [6.07, 6.45) is 10.7. The van der Waals surface area contributed by atoms with Crippen LogP contribution in [0.3, 0.4) is 0 Å². The summed E-state index contributed by atoms with van der Waals surface area (Å²) in [5.41, 5.74) is 8.54. The minimum absolute atomic E-state index is 0.0367. The van der Waals surface area contributed by atoms with Gasteiger partial charge in [0, 0.05) is 63.7 Å². The first kappa shape index (κ1) is 65.3. The van der Waals surface area contributed by atoms with Gasteiger partial charge in [0.1, 0.15) is 23.9 Å². The maximum atomic E-state index is 13.8. The maximum absolute atomic E-state index is 13.8. The molecule has 4 heterocycles. The summed E-state index contributed by atoms with van der Waals surface area (Å²) in [7, 11) is 2.05. The number of likely N-dealkylation sites (tertiary alicyclic amines) is 1. The van der Waals surface area contributed by atoms with E-state index >= 15 is 0 Å². The Kier molecular flexibility index (Phi) is 22.4. The lowest BCUT2D eigenvalue weighted by atomic mass is 9.81. The van der Waals surface area contributed by atoms with Crippen LogP contribution in [0.25, 0.3) is 44.6 Å². The molecule has 7 aromatic rings. The topological polar surface area (TPSA) is 216 Å². The number of aryl methyl sites for hydroxylation is 2. The molecule has 480 valence electrons. The average Bonchev–Trinajstić information content (AvgIpc) is 1.58. The Morgan fingerprint density at radius 3 is 2.14 bits per heavy atom. The van der Waals surface area contributed by atoms with Crippen molar-refractivity contribution in [3.05, 3.63) is 120 Å². The molecule has 4 aromatic carbocycles. The minimum Gasteiger partial charge on any atom is -0.460 e. The second-order valence-electron chi connectivity index (χ2n) is 25.3. The van der Waals surface area contributed by atoms with Crippen LogP contribution in [0.4, 0.5) is 0 Å². The van der Waals surface area contributed by atoms with E-state index in [0.29, 0.717) is 95.3 Å². The van der Waals surface area contributed by atoms with Gasteiger partial charge in [0.25, 0.3) is 0 Å². The largest absolute Gasteiger partial charge is 0.460 e. The Labute approximate surface area is 528 Å². The number of amides is 4. The molecule has 4 atom stereocenters. The molecule has 3 aliphatic rings. The number of unbranched alkanes of at least 4 members (excludes halogenated alkanes) is 3. The van der Waals surface area contributed by atoms with E-state index in [-0.39, 0.29) is 74.2 Å². The summed E-state index contributed by atoms with van der Waals surface area (Å²) in [5.74, 6) is 1.82. The normalized spacial score (nSPS) is 17.2. The number of carbonyl (C=O) groups excluding carboxylic acids is 5. The molecule has 2 aliphatic carbocycles. The van der Waals surface area contributed by atoms with Crippen LogP contribution in [0, 0.1) is 23.7 Å². The van der Waals surface area contributed by atoms with E-state index in [4.69, 9.17) is 33.7 Å². The summed E-state index contributed by atoms with van der Waals surface area (Å²) in [6.45, 7) is 14.9. The zero-order valence-electron chi connectivity index (χ0n) is 53.4. The third-order valence-electron chi connectivity index (χ3n) is 17.9. The molecule has 2 saturated carbocycles. The monoisotopic (exact) mass is 1230 g/mol. The number of benzene rings is 4. The molecule has 10 rings (SSSR count). The molecule has 2 unspecified atom stereocenters. The second kappa shape index (κ2) is 30.9. The lowest BCUT2D eigenvalue weighted by molar-refractivity contribution is -0.141. The van der Waals surface area contributed by atoms with Crippen molar-refractivity contribution in [1.82, 2.24) is 49.2 Å². The van der Waals surface area contributed by atoms with Gasteiger partial charge in [-0.15, -0.1) is 5.10 Å². The molecule has 4 amide bonds. The van der Waals surface area contributed by atoms with E-state index < -0.39 is 11.5 Å². The Hall–Kier alpha value is -7.65. The molecule has 1 saturated heterocycles. The number of para-hydroxylation sites is 2. The highest BCUT2D eigenvalue weighted by atomic mass is 16.6. The van der Waals surface area contributed by atoms with Gasteiger partial charge in [-0.2, -0.15) is 0 Å². The fourth-order valence-corrected chi connectivity index (χ4v) is 13.2. The molecule has 0 spiro atoms. The number of esters is 1. The predicted molar refractivity (Wildman–Crippen MR) is 343 cm³/mol. The zero-order valence-corrected chi connectivity index (χ0v) is 53.4. The lowest BCUT2D eigenvalue weighted by Gasteiger charge is -2.27. The third kappa shape index (κ3) is 16.5. The highest BCUT2D eigenvalue weighted by molar-refractivity contribution is 6.06. The van der Waals surface area contributed by atoms with Crippen molar-refractivity contribution in [2.75, 3.05) is 65.9 Å². The number of carbonyl (C=O) groups is 5. The van der Waals surface area contributed by atoms with E-state index in [0.717, 1.165) is 114 Å². The van der Waals surface area contributed by atoms with Crippen molar-refractivity contribution in [3.8, 4) is 22.5 Å². The number of ether oxygens (including phenoxy) is 5. The van der Waals surface area contributed by atoms with E-state index in [1.807, 2.05) is 64.1 Å². The number of fused-ring (bicyclic) bond motifs is 7. The van der Waals surface area contributed by atoms with E-state index in [1.54, 1.807) is 21.8 Å². The van der Waals surface area contributed by atoms with Crippen LogP contribution >= 0.6 is 0 Å².